The van der Waals surface area contributed by atoms with Crippen molar-refractivity contribution in [1.82, 2.24) is 10.3 Å². The molecule has 1 aromatic carbocycles. The van der Waals surface area contributed by atoms with Crippen LogP contribution in [0.1, 0.15) is 37.8 Å². The summed E-state index contributed by atoms with van der Waals surface area (Å²) in [6, 6.07) is 6.97. The molecule has 0 aromatic heterocycles. The molecule has 4 heteroatoms. The molecule has 0 saturated carbocycles. The van der Waals surface area contributed by atoms with Crippen LogP contribution in [-0.2, 0) is 12.8 Å². The maximum absolute atomic E-state index is 5.71. The lowest BCUT2D eigenvalue weighted by Crippen LogP contribution is -2.38. The first kappa shape index (κ1) is 16.3. The van der Waals surface area contributed by atoms with Crippen molar-refractivity contribution >= 4 is 0 Å². The zero-order valence-corrected chi connectivity index (χ0v) is 13.4. The SMILES string of the molecule is CCN(CC)CCC(CCc1ccc2c(c1)CCO2)NN. The van der Waals surface area contributed by atoms with Crippen molar-refractivity contribution in [3.63, 3.8) is 0 Å². The lowest BCUT2D eigenvalue weighted by atomic mass is 10.0. The van der Waals surface area contributed by atoms with Gasteiger partial charge in [0.25, 0.3) is 0 Å². The zero-order chi connectivity index (χ0) is 15.1. The molecule has 0 spiro atoms. The van der Waals surface area contributed by atoms with Crippen molar-refractivity contribution in [2.45, 2.75) is 45.6 Å². The van der Waals surface area contributed by atoms with Crippen molar-refractivity contribution in [2.75, 3.05) is 26.2 Å². The Bertz CT molecular complexity index is 432. The van der Waals surface area contributed by atoms with Gasteiger partial charge in [0.15, 0.2) is 0 Å². The Kier molecular flexibility index (Phi) is 6.49. The molecule has 4 nitrogen and oxygen atoms in total. The van der Waals surface area contributed by atoms with Crippen LogP contribution in [0.25, 0.3) is 0 Å². The van der Waals surface area contributed by atoms with E-state index in [1.165, 1.54) is 11.1 Å². The molecule has 0 saturated heterocycles. The third-order valence-electron chi connectivity index (χ3n) is 4.46. The minimum Gasteiger partial charge on any atom is -0.493 e. The third-order valence-corrected chi connectivity index (χ3v) is 4.46. The van der Waals surface area contributed by atoms with Gasteiger partial charge in [-0.25, -0.2) is 0 Å². The number of ether oxygens (including phenoxy) is 1. The van der Waals surface area contributed by atoms with Crippen molar-refractivity contribution in [3.05, 3.63) is 29.3 Å². The number of nitrogens with zero attached hydrogens (tertiary/aromatic N) is 1. The van der Waals surface area contributed by atoms with Gasteiger partial charge in [0.05, 0.1) is 6.61 Å². The van der Waals surface area contributed by atoms with Gasteiger partial charge < -0.3 is 9.64 Å². The van der Waals surface area contributed by atoms with Crippen molar-refractivity contribution in [1.29, 1.82) is 0 Å². The van der Waals surface area contributed by atoms with Gasteiger partial charge in [0.1, 0.15) is 5.75 Å². The van der Waals surface area contributed by atoms with E-state index in [2.05, 4.69) is 42.4 Å². The van der Waals surface area contributed by atoms with Gasteiger partial charge in [-0.3, -0.25) is 11.3 Å². The van der Waals surface area contributed by atoms with Crippen LogP contribution in [0.2, 0.25) is 0 Å². The van der Waals surface area contributed by atoms with E-state index in [1.807, 2.05) is 0 Å². The standard InChI is InChI=1S/C17H29N3O/c1-3-20(4-2)11-9-16(19-18)7-5-14-6-8-17-15(13-14)10-12-21-17/h6,8,13,16,19H,3-5,7,9-12,18H2,1-2H3. The Morgan fingerprint density at radius 3 is 2.81 bits per heavy atom. The van der Waals surface area contributed by atoms with Crippen LogP contribution >= 0.6 is 0 Å². The van der Waals surface area contributed by atoms with Gasteiger partial charge in [0, 0.05) is 12.5 Å². The molecule has 1 heterocycles. The molecule has 0 radical (unpaired) electrons. The topological polar surface area (TPSA) is 50.5 Å². The molecule has 0 fully saturated rings. The van der Waals surface area contributed by atoms with E-state index < -0.39 is 0 Å². The van der Waals surface area contributed by atoms with E-state index in [9.17, 15) is 0 Å². The number of aryl methyl sites for hydroxylation is 1. The summed E-state index contributed by atoms with van der Waals surface area (Å²) in [7, 11) is 0. The fraction of sp³-hybridized carbons (Fsp3) is 0.647. The number of nitrogens with one attached hydrogen (secondary N) is 1. The predicted octanol–water partition coefficient (Wildman–Crippen LogP) is 2.12. The summed E-state index contributed by atoms with van der Waals surface area (Å²) in [4.78, 5) is 2.44. The van der Waals surface area contributed by atoms with Crippen LogP contribution in [0.15, 0.2) is 18.2 Å². The summed E-state index contributed by atoms with van der Waals surface area (Å²) in [5.41, 5.74) is 5.72. The highest BCUT2D eigenvalue weighted by molar-refractivity contribution is 5.39. The number of fused-ring (bicyclic) bond motifs is 1. The number of hydrogen-bond donors (Lipinski definition) is 2. The van der Waals surface area contributed by atoms with E-state index >= 15 is 0 Å². The highest BCUT2D eigenvalue weighted by atomic mass is 16.5. The molecular formula is C17H29N3O. The average molecular weight is 291 g/mol. The third kappa shape index (κ3) is 4.70. The smallest absolute Gasteiger partial charge is 0.122 e. The number of nitrogens with two attached hydrogens (primary N) is 1. The van der Waals surface area contributed by atoms with E-state index in [1.54, 1.807) is 0 Å². The largest absolute Gasteiger partial charge is 0.493 e. The molecule has 0 amide bonds. The fourth-order valence-corrected chi connectivity index (χ4v) is 2.93. The summed E-state index contributed by atoms with van der Waals surface area (Å²) in [5, 5.41) is 0. The van der Waals surface area contributed by atoms with Gasteiger partial charge in [-0.15, -0.1) is 0 Å². The van der Waals surface area contributed by atoms with Crippen LogP contribution in [0.5, 0.6) is 5.75 Å². The minimum atomic E-state index is 0.384. The van der Waals surface area contributed by atoms with Crippen LogP contribution < -0.4 is 16.0 Å². The quantitative estimate of drug-likeness (QED) is 0.540. The van der Waals surface area contributed by atoms with Crippen molar-refractivity contribution < 1.29 is 4.74 Å². The van der Waals surface area contributed by atoms with Crippen molar-refractivity contribution in [2.24, 2.45) is 5.84 Å². The first-order chi connectivity index (χ1) is 10.3. The Morgan fingerprint density at radius 1 is 1.29 bits per heavy atom. The second kappa shape index (κ2) is 8.37. The first-order valence-electron chi connectivity index (χ1n) is 8.19. The maximum Gasteiger partial charge on any atom is 0.122 e. The van der Waals surface area contributed by atoms with Gasteiger partial charge >= 0.3 is 0 Å². The van der Waals surface area contributed by atoms with Gasteiger partial charge in [-0.05, 0) is 56.1 Å². The number of benzene rings is 1. The Morgan fingerprint density at radius 2 is 2.10 bits per heavy atom. The van der Waals surface area contributed by atoms with Crippen LogP contribution in [0.3, 0.4) is 0 Å². The fourth-order valence-electron chi connectivity index (χ4n) is 2.93. The highest BCUT2D eigenvalue weighted by Gasteiger charge is 2.13. The molecule has 1 aliphatic rings. The second-order valence-corrected chi connectivity index (χ2v) is 5.76. The maximum atomic E-state index is 5.71. The van der Waals surface area contributed by atoms with Crippen molar-refractivity contribution in [3.8, 4) is 5.75 Å². The zero-order valence-electron chi connectivity index (χ0n) is 13.4. The summed E-state index contributed by atoms with van der Waals surface area (Å²) >= 11 is 0. The van der Waals surface area contributed by atoms with Crippen LogP contribution in [-0.4, -0.2) is 37.2 Å². The number of hydrogen-bond acceptors (Lipinski definition) is 4. The van der Waals surface area contributed by atoms with Gasteiger partial charge in [-0.1, -0.05) is 26.0 Å². The monoisotopic (exact) mass is 291 g/mol. The Balaban J connectivity index is 1.79. The second-order valence-electron chi connectivity index (χ2n) is 5.76. The molecule has 21 heavy (non-hydrogen) atoms. The number of rotatable bonds is 9. The lowest BCUT2D eigenvalue weighted by molar-refractivity contribution is 0.278. The van der Waals surface area contributed by atoms with E-state index in [-0.39, 0.29) is 0 Å². The Labute approximate surface area is 128 Å². The molecule has 1 aliphatic heterocycles. The van der Waals surface area contributed by atoms with Gasteiger partial charge in [-0.2, -0.15) is 0 Å². The highest BCUT2D eigenvalue weighted by Crippen LogP contribution is 2.26. The molecule has 118 valence electrons. The molecule has 0 bridgehead atoms. The minimum absolute atomic E-state index is 0.384. The summed E-state index contributed by atoms with van der Waals surface area (Å²) in [5.74, 6) is 6.77. The average Bonchev–Trinajstić information content (AvgIpc) is 2.98. The molecule has 0 aliphatic carbocycles. The lowest BCUT2D eigenvalue weighted by Gasteiger charge is -2.22. The molecule has 1 atom stereocenters. The Hall–Kier alpha value is -1.10. The summed E-state index contributed by atoms with van der Waals surface area (Å²) < 4.78 is 5.55. The molecule has 1 aromatic rings. The molecular weight excluding hydrogens is 262 g/mol. The predicted molar refractivity (Wildman–Crippen MR) is 87.5 cm³/mol. The van der Waals surface area contributed by atoms with Gasteiger partial charge in [0.2, 0.25) is 0 Å². The first-order valence-corrected chi connectivity index (χ1v) is 8.19. The van der Waals surface area contributed by atoms with Crippen LogP contribution in [0, 0.1) is 0 Å². The number of hydrazine groups is 1. The molecule has 1 unspecified atom stereocenters. The van der Waals surface area contributed by atoms with E-state index in [0.717, 1.165) is 57.7 Å². The summed E-state index contributed by atoms with van der Waals surface area (Å²) in [6.07, 6.45) is 4.30. The summed E-state index contributed by atoms with van der Waals surface area (Å²) in [6.45, 7) is 8.58. The van der Waals surface area contributed by atoms with Crippen LogP contribution in [0.4, 0.5) is 0 Å². The normalized spacial score (nSPS) is 15.0. The molecule has 3 N–H and O–H groups in total. The van der Waals surface area contributed by atoms with E-state index in [4.69, 9.17) is 10.6 Å². The van der Waals surface area contributed by atoms with E-state index in [0.29, 0.717) is 6.04 Å². The molecule has 2 rings (SSSR count).